The average Bonchev–Trinajstić information content (AvgIpc) is 3.58. The van der Waals surface area contributed by atoms with Crippen LogP contribution in [0.2, 0.25) is 0 Å². The van der Waals surface area contributed by atoms with E-state index in [-0.39, 0.29) is 5.41 Å². The quantitative estimate of drug-likeness (QED) is 0.0699. The van der Waals surface area contributed by atoms with E-state index in [1.807, 2.05) is 0 Å². The monoisotopic (exact) mass is 798 g/mol. The Kier molecular flexibility index (Phi) is 11.8. The highest BCUT2D eigenvalue weighted by atomic mass is 16.5. The van der Waals surface area contributed by atoms with E-state index in [9.17, 15) is 0 Å². The molecule has 0 radical (unpaired) electrons. The number of hydrogen-bond acceptors (Lipinski definition) is 1. The maximum atomic E-state index is 6.02. The summed E-state index contributed by atoms with van der Waals surface area (Å²) in [6, 6.07) is 53.1. The van der Waals surface area contributed by atoms with Gasteiger partial charge in [0.1, 0.15) is 5.75 Å². The van der Waals surface area contributed by atoms with Crippen molar-refractivity contribution >= 4 is 32.3 Å². The zero-order valence-corrected chi connectivity index (χ0v) is 37.2. The predicted octanol–water partition coefficient (Wildman–Crippen LogP) is 17.5. The number of unbranched alkanes of at least 4 members (excludes halogenated alkanes) is 6. The summed E-state index contributed by atoms with van der Waals surface area (Å²) in [6.07, 6.45) is 14.3. The van der Waals surface area contributed by atoms with Crippen LogP contribution in [0.15, 0.2) is 140 Å². The van der Waals surface area contributed by atoms with Crippen molar-refractivity contribution in [3.8, 4) is 50.3 Å². The van der Waals surface area contributed by atoms with Crippen LogP contribution in [0.5, 0.6) is 5.75 Å². The Labute approximate surface area is 364 Å². The summed E-state index contributed by atoms with van der Waals surface area (Å²) in [6.45, 7) is 9.42. The van der Waals surface area contributed by atoms with Crippen molar-refractivity contribution in [2.45, 2.75) is 110 Å². The fourth-order valence-electron chi connectivity index (χ4n) is 11.2. The molecule has 1 heteroatoms. The lowest BCUT2D eigenvalue weighted by Crippen LogP contribution is -2.25. The summed E-state index contributed by atoms with van der Waals surface area (Å²) in [4.78, 5) is 0. The van der Waals surface area contributed by atoms with Crippen LogP contribution in [0.3, 0.4) is 0 Å². The molecule has 0 aliphatic heterocycles. The molecular weight excluding hydrogens is 737 g/mol. The molecule has 9 rings (SSSR count). The van der Waals surface area contributed by atoms with Gasteiger partial charge in [-0.05, 0) is 155 Å². The van der Waals surface area contributed by atoms with Crippen molar-refractivity contribution in [3.05, 3.63) is 162 Å². The Morgan fingerprint density at radius 3 is 1.48 bits per heavy atom. The number of rotatable bonds is 16. The standard InChI is InChI=1S/C60H62O/c1-6-10-12-23-35-60(36-24-13-11-7-2)54-37-44(41-25-17-14-18-26-41)31-33-48(54)52-39-51-50-38-45(61-5)32-34-49(50)58-46(8-3)56(42-27-19-15-20-28-42)57(43-29-21-16-22-30-43)47(9-4)59(58)53(51)40-55(52)60/h14-22,25-34,37-40H,6-13,23-24,35-36H2,1-5H3. The van der Waals surface area contributed by atoms with Gasteiger partial charge in [-0.3, -0.25) is 0 Å². The second-order valence-electron chi connectivity index (χ2n) is 17.6. The third kappa shape index (κ3) is 7.15. The van der Waals surface area contributed by atoms with Crippen LogP contribution in [-0.4, -0.2) is 7.11 Å². The lowest BCUT2D eigenvalue weighted by molar-refractivity contribution is 0.401. The molecule has 0 saturated heterocycles. The highest BCUT2D eigenvalue weighted by Crippen LogP contribution is 2.58. The maximum Gasteiger partial charge on any atom is 0.119 e. The van der Waals surface area contributed by atoms with Gasteiger partial charge in [-0.2, -0.15) is 0 Å². The number of aryl methyl sites for hydroxylation is 2. The third-order valence-corrected chi connectivity index (χ3v) is 14.1. The molecule has 1 aliphatic carbocycles. The normalized spacial score (nSPS) is 12.9. The van der Waals surface area contributed by atoms with Crippen LogP contribution in [0, 0.1) is 0 Å². The smallest absolute Gasteiger partial charge is 0.119 e. The number of hydrogen-bond donors (Lipinski definition) is 0. The molecule has 61 heavy (non-hydrogen) atoms. The van der Waals surface area contributed by atoms with Crippen LogP contribution in [0.4, 0.5) is 0 Å². The molecule has 0 saturated carbocycles. The molecule has 0 amide bonds. The Balaban J connectivity index is 1.45. The molecule has 1 aliphatic rings. The molecule has 0 unspecified atom stereocenters. The molecule has 0 atom stereocenters. The Morgan fingerprint density at radius 2 is 0.934 bits per heavy atom. The van der Waals surface area contributed by atoms with E-state index in [4.69, 9.17) is 4.74 Å². The number of benzene rings is 8. The lowest BCUT2D eigenvalue weighted by Gasteiger charge is -2.34. The van der Waals surface area contributed by atoms with Gasteiger partial charge in [-0.25, -0.2) is 0 Å². The topological polar surface area (TPSA) is 9.23 Å². The molecule has 8 aromatic carbocycles. The van der Waals surface area contributed by atoms with Gasteiger partial charge < -0.3 is 4.74 Å². The van der Waals surface area contributed by atoms with Crippen molar-refractivity contribution < 1.29 is 4.74 Å². The molecular formula is C60H62O. The minimum atomic E-state index is -0.0625. The summed E-state index contributed by atoms with van der Waals surface area (Å²) in [5.74, 6) is 0.903. The van der Waals surface area contributed by atoms with Crippen molar-refractivity contribution in [3.63, 3.8) is 0 Å². The van der Waals surface area contributed by atoms with Gasteiger partial charge in [-0.1, -0.05) is 188 Å². The molecule has 0 aromatic heterocycles. The first-order valence-corrected chi connectivity index (χ1v) is 23.5. The first-order valence-electron chi connectivity index (χ1n) is 23.5. The molecule has 1 nitrogen and oxygen atoms in total. The van der Waals surface area contributed by atoms with E-state index in [2.05, 4.69) is 167 Å². The summed E-state index contributed by atoms with van der Waals surface area (Å²) in [5, 5.41) is 8.14. The van der Waals surface area contributed by atoms with Crippen LogP contribution in [-0.2, 0) is 18.3 Å². The minimum absolute atomic E-state index is 0.0625. The molecule has 0 spiro atoms. The van der Waals surface area contributed by atoms with Crippen molar-refractivity contribution in [1.82, 2.24) is 0 Å². The first-order chi connectivity index (χ1) is 30.1. The minimum Gasteiger partial charge on any atom is -0.497 e. The summed E-state index contributed by atoms with van der Waals surface area (Å²) < 4.78 is 6.02. The molecule has 0 heterocycles. The SMILES string of the molecule is CCCCCCC1(CCCCCC)c2cc(-c3ccccc3)ccc2-c2cc3c4cc(OC)ccc4c4c(CC)c(-c5ccccc5)c(-c5ccccc5)c(CC)c4c3cc21. The maximum absolute atomic E-state index is 6.02. The van der Waals surface area contributed by atoms with Gasteiger partial charge in [0, 0.05) is 5.41 Å². The van der Waals surface area contributed by atoms with Crippen molar-refractivity contribution in [2.75, 3.05) is 7.11 Å². The second-order valence-corrected chi connectivity index (χ2v) is 17.6. The van der Waals surface area contributed by atoms with Gasteiger partial charge in [0.25, 0.3) is 0 Å². The predicted molar refractivity (Wildman–Crippen MR) is 264 cm³/mol. The van der Waals surface area contributed by atoms with E-state index < -0.39 is 0 Å². The molecule has 0 fully saturated rings. The molecule has 0 N–H and O–H groups in total. The summed E-state index contributed by atoms with van der Waals surface area (Å²) in [7, 11) is 1.81. The highest BCUT2D eigenvalue weighted by molar-refractivity contribution is 6.30. The third-order valence-electron chi connectivity index (χ3n) is 14.1. The summed E-state index contributed by atoms with van der Waals surface area (Å²) in [5.41, 5.74) is 16.7. The van der Waals surface area contributed by atoms with Crippen LogP contribution >= 0.6 is 0 Å². The zero-order valence-electron chi connectivity index (χ0n) is 37.2. The molecule has 308 valence electrons. The van der Waals surface area contributed by atoms with Crippen molar-refractivity contribution in [2.24, 2.45) is 0 Å². The van der Waals surface area contributed by atoms with Gasteiger partial charge in [0.2, 0.25) is 0 Å². The van der Waals surface area contributed by atoms with Crippen LogP contribution in [0.1, 0.15) is 114 Å². The second kappa shape index (κ2) is 17.7. The van der Waals surface area contributed by atoms with Crippen LogP contribution < -0.4 is 4.74 Å². The number of methoxy groups -OCH3 is 1. The Morgan fingerprint density at radius 1 is 0.410 bits per heavy atom. The number of ether oxygens (including phenoxy) is 1. The van der Waals surface area contributed by atoms with Gasteiger partial charge >= 0.3 is 0 Å². The van der Waals surface area contributed by atoms with E-state index in [0.29, 0.717) is 0 Å². The van der Waals surface area contributed by atoms with E-state index in [1.165, 1.54) is 152 Å². The van der Waals surface area contributed by atoms with E-state index in [1.54, 1.807) is 18.2 Å². The molecule has 0 bridgehead atoms. The van der Waals surface area contributed by atoms with Crippen LogP contribution in [0.25, 0.3) is 76.8 Å². The van der Waals surface area contributed by atoms with Gasteiger partial charge in [0.15, 0.2) is 0 Å². The molecule has 8 aromatic rings. The largest absolute Gasteiger partial charge is 0.497 e. The first kappa shape index (κ1) is 40.7. The van der Waals surface area contributed by atoms with E-state index in [0.717, 1.165) is 18.6 Å². The highest BCUT2D eigenvalue weighted by Gasteiger charge is 2.43. The van der Waals surface area contributed by atoms with Crippen molar-refractivity contribution in [1.29, 1.82) is 0 Å². The zero-order chi connectivity index (χ0) is 41.9. The number of fused-ring (bicyclic) bond motifs is 9. The van der Waals surface area contributed by atoms with Gasteiger partial charge in [0.05, 0.1) is 7.11 Å². The lowest BCUT2D eigenvalue weighted by atomic mass is 9.69. The average molecular weight is 799 g/mol. The Hall–Kier alpha value is -5.66. The van der Waals surface area contributed by atoms with Gasteiger partial charge in [-0.15, -0.1) is 0 Å². The fraction of sp³-hybridized carbons (Fsp3) is 0.300. The summed E-state index contributed by atoms with van der Waals surface area (Å²) >= 11 is 0. The van der Waals surface area contributed by atoms with E-state index >= 15 is 0 Å². The Bertz CT molecular complexity index is 2800. The fourth-order valence-corrected chi connectivity index (χ4v) is 11.2.